The lowest BCUT2D eigenvalue weighted by atomic mass is 10.2. The zero-order chi connectivity index (χ0) is 16.7. The van der Waals surface area contributed by atoms with E-state index in [0.717, 1.165) is 0 Å². The maximum absolute atomic E-state index is 13.0. The third-order valence-electron chi connectivity index (χ3n) is 3.75. The van der Waals surface area contributed by atoms with Gasteiger partial charge in [0.15, 0.2) is 5.65 Å². The minimum absolute atomic E-state index is 0.0434. The number of furan rings is 1. The Kier molecular flexibility index (Phi) is 3.41. The summed E-state index contributed by atoms with van der Waals surface area (Å²) in [7, 11) is 0. The molecule has 4 rings (SSSR count). The molecule has 0 radical (unpaired) electrons. The first-order valence-electron chi connectivity index (χ1n) is 7.22. The highest BCUT2D eigenvalue weighted by Crippen LogP contribution is 2.29. The topological polar surface area (TPSA) is 68.7 Å². The van der Waals surface area contributed by atoms with Crippen molar-refractivity contribution in [3.63, 3.8) is 0 Å². The lowest BCUT2D eigenvalue weighted by molar-refractivity contribution is -0.146. The first-order valence-corrected chi connectivity index (χ1v) is 7.22. The summed E-state index contributed by atoms with van der Waals surface area (Å²) >= 11 is 0. The number of morpholine rings is 1. The van der Waals surface area contributed by atoms with Crippen molar-refractivity contribution >= 4 is 11.5 Å². The molecule has 3 aromatic rings. The summed E-state index contributed by atoms with van der Waals surface area (Å²) in [6.45, 7) is 1.36. The van der Waals surface area contributed by atoms with Crippen LogP contribution in [0.25, 0.3) is 5.65 Å². The number of anilines is 1. The van der Waals surface area contributed by atoms with Gasteiger partial charge in [0.2, 0.25) is 0 Å². The number of halogens is 3. The van der Waals surface area contributed by atoms with Crippen molar-refractivity contribution in [2.45, 2.75) is 12.3 Å². The molecule has 0 bridgehead atoms. The van der Waals surface area contributed by atoms with E-state index in [1.54, 1.807) is 24.5 Å². The molecular formula is C14H12F3N5O2. The molecule has 0 aliphatic carbocycles. The molecule has 10 heteroatoms. The van der Waals surface area contributed by atoms with Gasteiger partial charge in [0, 0.05) is 6.54 Å². The molecule has 0 aromatic carbocycles. The lowest BCUT2D eigenvalue weighted by Crippen LogP contribution is -2.39. The molecule has 24 heavy (non-hydrogen) atoms. The fraction of sp³-hybridized carbons (Fsp3) is 0.357. The Bertz CT molecular complexity index is 846. The lowest BCUT2D eigenvalue weighted by Gasteiger charge is -2.32. The van der Waals surface area contributed by atoms with Gasteiger partial charge in [0.25, 0.3) is 5.82 Å². The predicted octanol–water partition coefficient (Wildman–Crippen LogP) is 2.31. The van der Waals surface area contributed by atoms with Crippen LogP contribution < -0.4 is 4.90 Å². The Morgan fingerprint density at radius 2 is 2.04 bits per heavy atom. The number of nitrogens with zero attached hydrogens (tertiary/aromatic N) is 5. The highest BCUT2D eigenvalue weighted by Gasteiger charge is 2.38. The van der Waals surface area contributed by atoms with Crippen molar-refractivity contribution in [2.75, 3.05) is 24.6 Å². The van der Waals surface area contributed by atoms with E-state index in [2.05, 4.69) is 15.3 Å². The number of fused-ring (bicyclic) bond motifs is 1. The number of rotatable bonds is 2. The third-order valence-corrected chi connectivity index (χ3v) is 3.75. The highest BCUT2D eigenvalue weighted by molar-refractivity contribution is 5.46. The van der Waals surface area contributed by atoms with E-state index >= 15 is 0 Å². The second kappa shape index (κ2) is 5.48. The van der Waals surface area contributed by atoms with Gasteiger partial charge in [-0.15, -0.1) is 15.3 Å². The molecule has 1 aliphatic heterocycles. The Balaban J connectivity index is 1.66. The van der Waals surface area contributed by atoms with Gasteiger partial charge in [-0.2, -0.15) is 17.7 Å². The largest absolute Gasteiger partial charge is 0.467 e. The minimum atomic E-state index is -4.62. The summed E-state index contributed by atoms with van der Waals surface area (Å²) in [6.07, 6.45) is -3.36. The monoisotopic (exact) mass is 339 g/mol. The molecule has 4 heterocycles. The molecular weight excluding hydrogens is 327 g/mol. The summed E-state index contributed by atoms with van der Waals surface area (Å²) in [4.78, 5) is 1.84. The van der Waals surface area contributed by atoms with E-state index in [0.29, 0.717) is 35.8 Å². The molecule has 1 saturated heterocycles. The van der Waals surface area contributed by atoms with Crippen molar-refractivity contribution < 1.29 is 22.3 Å². The van der Waals surface area contributed by atoms with E-state index in [1.165, 1.54) is 6.07 Å². The van der Waals surface area contributed by atoms with Gasteiger partial charge in [-0.3, -0.25) is 0 Å². The van der Waals surface area contributed by atoms with E-state index in [4.69, 9.17) is 9.15 Å². The first-order chi connectivity index (χ1) is 11.5. The molecule has 0 spiro atoms. The van der Waals surface area contributed by atoms with Gasteiger partial charge in [0.05, 0.1) is 19.4 Å². The summed E-state index contributed by atoms with van der Waals surface area (Å²) in [6, 6.07) is 6.64. The smallest absolute Gasteiger partial charge is 0.453 e. The van der Waals surface area contributed by atoms with Gasteiger partial charge in [-0.25, -0.2) is 0 Å². The van der Waals surface area contributed by atoms with Gasteiger partial charge < -0.3 is 14.1 Å². The standard InChI is InChI=1S/C14H12F3N5O2/c15-14(16,17)13-19-18-11-3-4-12(20-22(11)13)21-5-7-24-10(8-21)9-2-1-6-23-9/h1-4,6,10H,5,7-8H2. The van der Waals surface area contributed by atoms with Gasteiger partial charge in [0.1, 0.15) is 17.7 Å². The van der Waals surface area contributed by atoms with E-state index in [-0.39, 0.29) is 11.8 Å². The molecule has 7 nitrogen and oxygen atoms in total. The average Bonchev–Trinajstić information content (AvgIpc) is 3.23. The van der Waals surface area contributed by atoms with Crippen molar-refractivity contribution in [1.29, 1.82) is 0 Å². The fourth-order valence-electron chi connectivity index (χ4n) is 2.63. The molecule has 1 atom stereocenters. The van der Waals surface area contributed by atoms with Crippen LogP contribution in [0.15, 0.2) is 34.9 Å². The predicted molar refractivity (Wildman–Crippen MR) is 75.4 cm³/mol. The number of ether oxygens (including phenoxy) is 1. The zero-order valence-corrected chi connectivity index (χ0v) is 12.3. The van der Waals surface area contributed by atoms with Crippen molar-refractivity contribution in [2.24, 2.45) is 0 Å². The van der Waals surface area contributed by atoms with Crippen molar-refractivity contribution in [1.82, 2.24) is 19.8 Å². The van der Waals surface area contributed by atoms with Crippen LogP contribution >= 0.6 is 0 Å². The quantitative estimate of drug-likeness (QED) is 0.714. The summed E-state index contributed by atoms with van der Waals surface area (Å²) in [5.74, 6) is -0.0797. The van der Waals surface area contributed by atoms with Crippen LogP contribution in [-0.4, -0.2) is 39.5 Å². The van der Waals surface area contributed by atoms with E-state index in [9.17, 15) is 13.2 Å². The second-order valence-corrected chi connectivity index (χ2v) is 5.30. The first kappa shape index (κ1) is 14.9. The summed E-state index contributed by atoms with van der Waals surface area (Å²) in [5.41, 5.74) is 0.0434. The highest BCUT2D eigenvalue weighted by atomic mass is 19.4. The van der Waals surface area contributed by atoms with Gasteiger partial charge in [-0.1, -0.05) is 0 Å². The number of hydrogen-bond acceptors (Lipinski definition) is 6. The molecule has 1 unspecified atom stereocenters. The molecule has 3 aromatic heterocycles. The normalized spacial score (nSPS) is 19.1. The Morgan fingerprint density at radius 1 is 1.17 bits per heavy atom. The van der Waals surface area contributed by atoms with Crippen molar-refractivity contribution in [3.05, 3.63) is 42.1 Å². The van der Waals surface area contributed by atoms with Crippen LogP contribution in [0.1, 0.15) is 17.7 Å². The van der Waals surface area contributed by atoms with Gasteiger partial charge >= 0.3 is 6.18 Å². The van der Waals surface area contributed by atoms with Crippen molar-refractivity contribution in [3.8, 4) is 0 Å². The number of alkyl halides is 3. The Morgan fingerprint density at radius 3 is 2.79 bits per heavy atom. The molecule has 1 aliphatic rings. The Labute approximate surface area is 133 Å². The van der Waals surface area contributed by atoms with Crippen LogP contribution in [0.5, 0.6) is 0 Å². The van der Waals surface area contributed by atoms with Gasteiger partial charge in [-0.05, 0) is 24.3 Å². The average molecular weight is 339 g/mol. The van der Waals surface area contributed by atoms with E-state index in [1.807, 2.05) is 4.90 Å². The molecule has 0 N–H and O–H groups in total. The minimum Gasteiger partial charge on any atom is -0.467 e. The zero-order valence-electron chi connectivity index (χ0n) is 12.3. The van der Waals surface area contributed by atoms with Crippen LogP contribution in [-0.2, 0) is 10.9 Å². The van der Waals surface area contributed by atoms with Crippen LogP contribution in [0.4, 0.5) is 19.0 Å². The van der Waals surface area contributed by atoms with E-state index < -0.39 is 12.0 Å². The summed E-state index contributed by atoms with van der Waals surface area (Å²) < 4.78 is 50.6. The molecule has 126 valence electrons. The molecule has 0 amide bonds. The molecule has 1 fully saturated rings. The third kappa shape index (κ3) is 2.58. The number of hydrogen-bond donors (Lipinski definition) is 0. The fourth-order valence-corrected chi connectivity index (χ4v) is 2.63. The van der Waals surface area contributed by atoms with Crippen LogP contribution in [0.3, 0.4) is 0 Å². The maximum atomic E-state index is 13.0. The number of aromatic nitrogens is 4. The maximum Gasteiger partial charge on any atom is 0.453 e. The SMILES string of the molecule is FC(F)(F)c1nnc2ccc(N3CCOC(c4ccco4)C3)nn12. The summed E-state index contributed by atoms with van der Waals surface area (Å²) in [5, 5.41) is 10.7. The van der Waals surface area contributed by atoms with Crippen LogP contribution in [0.2, 0.25) is 0 Å². The second-order valence-electron chi connectivity index (χ2n) is 5.30. The molecule has 0 saturated carbocycles. The Hall–Kier alpha value is -2.62. The van der Waals surface area contributed by atoms with Crippen LogP contribution in [0, 0.1) is 0 Å².